The normalized spacial score (nSPS) is 11.6. The van der Waals surface area contributed by atoms with E-state index in [2.05, 4.69) is 20.2 Å². The van der Waals surface area contributed by atoms with Crippen LogP contribution in [-0.2, 0) is 19.6 Å². The fourth-order valence-corrected chi connectivity index (χ4v) is 4.36. The highest BCUT2D eigenvalue weighted by Crippen LogP contribution is 2.29. The van der Waals surface area contributed by atoms with E-state index in [-0.39, 0.29) is 11.2 Å². The van der Waals surface area contributed by atoms with E-state index in [0.717, 1.165) is 12.0 Å². The third kappa shape index (κ3) is 4.38. The summed E-state index contributed by atoms with van der Waals surface area (Å²) in [5.74, 6) is 1.02. The van der Waals surface area contributed by atoms with Crippen LogP contribution in [0.15, 0.2) is 50.8 Å². The number of nitrogens with one attached hydrogen (secondary N) is 1. The second kappa shape index (κ2) is 9.79. The predicted octanol–water partition coefficient (Wildman–Crippen LogP) is 4.58. The molecule has 0 aliphatic rings. The number of nitrogens with zero attached hydrogens (tertiary/aromatic N) is 6. The third-order valence-corrected chi connectivity index (χ3v) is 6.49. The van der Waals surface area contributed by atoms with Gasteiger partial charge in [0.05, 0.1) is 28.4 Å². The summed E-state index contributed by atoms with van der Waals surface area (Å²) in [5.41, 5.74) is 2.05. The highest BCUT2D eigenvalue weighted by molar-refractivity contribution is 6.42. The second-order valence-electron chi connectivity index (χ2n) is 8.41. The molecule has 0 bridgehead atoms. The van der Waals surface area contributed by atoms with Crippen LogP contribution in [0.1, 0.15) is 32.4 Å². The van der Waals surface area contributed by atoms with E-state index in [1.54, 1.807) is 39.8 Å². The Bertz CT molecular complexity index is 1680. The molecule has 5 rings (SSSR count). The SMILES string of the molecule is CCCn1c(=O)c2[nH]c(-c3cnn(Cc4cc(-c5ccc(Cl)c(Cl)c5)on4)c3)nc2n(CCC)c1=O. The first kappa shape index (κ1) is 24.1. The lowest BCUT2D eigenvalue weighted by Gasteiger charge is -2.09. The predicted molar refractivity (Wildman–Crippen MR) is 137 cm³/mol. The van der Waals surface area contributed by atoms with Crippen LogP contribution in [0.2, 0.25) is 10.0 Å². The number of H-pyrrole nitrogens is 1. The number of aromatic nitrogens is 7. The van der Waals surface area contributed by atoms with Crippen molar-refractivity contribution in [3.8, 4) is 22.7 Å². The lowest BCUT2D eigenvalue weighted by molar-refractivity contribution is 0.419. The van der Waals surface area contributed by atoms with Crippen molar-refractivity contribution in [3.63, 3.8) is 0 Å². The fourth-order valence-electron chi connectivity index (χ4n) is 4.06. The average molecular weight is 528 g/mol. The van der Waals surface area contributed by atoms with Crippen LogP contribution in [0.5, 0.6) is 0 Å². The average Bonchev–Trinajstić information content (AvgIpc) is 3.61. The van der Waals surface area contributed by atoms with Crippen molar-refractivity contribution >= 4 is 34.4 Å². The number of aryl methyl sites for hydroxylation is 1. The Kier molecular flexibility index (Phi) is 6.55. The van der Waals surface area contributed by atoms with E-state index in [1.165, 1.54) is 4.57 Å². The van der Waals surface area contributed by atoms with Gasteiger partial charge in [0.2, 0.25) is 0 Å². The summed E-state index contributed by atoms with van der Waals surface area (Å²) in [5, 5.41) is 9.41. The summed E-state index contributed by atoms with van der Waals surface area (Å²) in [6.45, 7) is 5.08. The van der Waals surface area contributed by atoms with Gasteiger partial charge in [-0.25, -0.2) is 9.78 Å². The van der Waals surface area contributed by atoms with E-state index in [0.29, 0.717) is 70.1 Å². The molecule has 36 heavy (non-hydrogen) atoms. The monoisotopic (exact) mass is 527 g/mol. The first-order valence-corrected chi connectivity index (χ1v) is 12.3. The molecule has 10 nitrogen and oxygen atoms in total. The maximum Gasteiger partial charge on any atom is 0.332 e. The first-order valence-electron chi connectivity index (χ1n) is 11.6. The quantitative estimate of drug-likeness (QED) is 0.315. The molecule has 0 unspecified atom stereocenters. The molecule has 5 aromatic rings. The summed E-state index contributed by atoms with van der Waals surface area (Å²) >= 11 is 12.1. The van der Waals surface area contributed by atoms with Gasteiger partial charge >= 0.3 is 5.69 Å². The van der Waals surface area contributed by atoms with Gasteiger partial charge in [-0.15, -0.1) is 0 Å². The highest BCUT2D eigenvalue weighted by atomic mass is 35.5. The van der Waals surface area contributed by atoms with E-state index in [9.17, 15) is 9.59 Å². The minimum Gasteiger partial charge on any atom is -0.356 e. The van der Waals surface area contributed by atoms with Gasteiger partial charge in [0, 0.05) is 30.9 Å². The molecule has 1 N–H and O–H groups in total. The molecule has 4 aromatic heterocycles. The number of fused-ring (bicyclic) bond motifs is 1. The van der Waals surface area contributed by atoms with Gasteiger partial charge in [-0.1, -0.05) is 42.2 Å². The Morgan fingerprint density at radius 1 is 1.00 bits per heavy atom. The number of rotatable bonds is 8. The van der Waals surface area contributed by atoms with Crippen LogP contribution in [0.3, 0.4) is 0 Å². The maximum absolute atomic E-state index is 13.0. The summed E-state index contributed by atoms with van der Waals surface area (Å²) in [6.07, 6.45) is 4.85. The molecule has 0 aliphatic carbocycles. The van der Waals surface area contributed by atoms with Crippen molar-refractivity contribution in [2.24, 2.45) is 0 Å². The van der Waals surface area contributed by atoms with Gasteiger partial charge < -0.3 is 9.51 Å². The second-order valence-corrected chi connectivity index (χ2v) is 9.23. The van der Waals surface area contributed by atoms with Crippen LogP contribution in [0.4, 0.5) is 0 Å². The zero-order valence-electron chi connectivity index (χ0n) is 19.7. The van der Waals surface area contributed by atoms with E-state index in [1.807, 2.05) is 19.9 Å². The van der Waals surface area contributed by atoms with Gasteiger partial charge in [0.25, 0.3) is 5.56 Å². The molecule has 0 amide bonds. The zero-order valence-corrected chi connectivity index (χ0v) is 21.2. The van der Waals surface area contributed by atoms with Crippen molar-refractivity contribution in [3.05, 3.63) is 73.2 Å². The Labute approximate surface area is 215 Å². The molecule has 4 heterocycles. The van der Waals surface area contributed by atoms with Crippen molar-refractivity contribution < 1.29 is 4.52 Å². The smallest absolute Gasteiger partial charge is 0.332 e. The lowest BCUT2D eigenvalue weighted by Crippen LogP contribution is -2.40. The van der Waals surface area contributed by atoms with Crippen molar-refractivity contribution in [2.45, 2.75) is 46.3 Å². The van der Waals surface area contributed by atoms with E-state index in [4.69, 9.17) is 27.7 Å². The summed E-state index contributed by atoms with van der Waals surface area (Å²) in [6, 6.07) is 7.03. The largest absolute Gasteiger partial charge is 0.356 e. The van der Waals surface area contributed by atoms with Gasteiger partial charge in [0.15, 0.2) is 11.4 Å². The highest BCUT2D eigenvalue weighted by Gasteiger charge is 2.18. The number of hydrogen-bond acceptors (Lipinski definition) is 6. The topological polar surface area (TPSA) is 117 Å². The van der Waals surface area contributed by atoms with Crippen LogP contribution >= 0.6 is 23.2 Å². The number of hydrogen-bond donors (Lipinski definition) is 1. The minimum absolute atomic E-state index is 0.307. The molecule has 1 aromatic carbocycles. The van der Waals surface area contributed by atoms with Gasteiger partial charge in [0.1, 0.15) is 17.0 Å². The molecule has 0 fully saturated rings. The van der Waals surface area contributed by atoms with Crippen LogP contribution in [0.25, 0.3) is 33.9 Å². The molecule has 0 saturated carbocycles. The molecule has 12 heteroatoms. The summed E-state index contributed by atoms with van der Waals surface area (Å²) in [4.78, 5) is 33.6. The zero-order chi connectivity index (χ0) is 25.4. The maximum atomic E-state index is 13.0. The number of benzene rings is 1. The molecular formula is C24H23Cl2N7O3. The molecule has 0 aliphatic heterocycles. The summed E-state index contributed by atoms with van der Waals surface area (Å²) < 4.78 is 9.96. The van der Waals surface area contributed by atoms with E-state index < -0.39 is 0 Å². The lowest BCUT2D eigenvalue weighted by atomic mass is 10.1. The Morgan fingerprint density at radius 2 is 1.78 bits per heavy atom. The van der Waals surface area contributed by atoms with Gasteiger partial charge in [-0.3, -0.25) is 18.6 Å². The van der Waals surface area contributed by atoms with Crippen LogP contribution < -0.4 is 11.2 Å². The molecule has 186 valence electrons. The number of aromatic amines is 1. The van der Waals surface area contributed by atoms with Crippen molar-refractivity contribution in [1.29, 1.82) is 0 Å². The minimum atomic E-state index is -0.368. The van der Waals surface area contributed by atoms with Crippen molar-refractivity contribution in [2.75, 3.05) is 0 Å². The molecular weight excluding hydrogens is 505 g/mol. The Morgan fingerprint density at radius 3 is 2.53 bits per heavy atom. The number of halogens is 2. The van der Waals surface area contributed by atoms with Crippen molar-refractivity contribution in [1.82, 2.24) is 34.0 Å². The molecule has 0 atom stereocenters. The molecule has 0 radical (unpaired) electrons. The Hall–Kier alpha value is -3.63. The standard InChI is InChI=1S/C24H23Cl2N7O3/c1-3-7-32-22-20(23(34)33(8-4-2)24(32)35)28-21(29-22)15-11-27-31(12-15)13-16-10-19(36-30-16)14-5-6-17(25)18(26)9-14/h5-6,9-12H,3-4,7-8,13H2,1-2H3,(H,28,29). The van der Waals surface area contributed by atoms with Crippen LogP contribution in [-0.4, -0.2) is 34.0 Å². The van der Waals surface area contributed by atoms with Gasteiger partial charge in [-0.05, 0) is 31.0 Å². The van der Waals surface area contributed by atoms with Gasteiger partial charge in [-0.2, -0.15) is 5.10 Å². The molecule has 0 spiro atoms. The molecule has 0 saturated heterocycles. The number of imidazole rings is 1. The summed E-state index contributed by atoms with van der Waals surface area (Å²) in [7, 11) is 0. The fraction of sp³-hybridized carbons (Fsp3) is 0.292. The Balaban J connectivity index is 1.44. The third-order valence-electron chi connectivity index (χ3n) is 5.75. The first-order chi connectivity index (χ1) is 17.4. The van der Waals surface area contributed by atoms with E-state index >= 15 is 0 Å². The van der Waals surface area contributed by atoms with Crippen LogP contribution in [0, 0.1) is 0 Å².